The predicted octanol–water partition coefficient (Wildman–Crippen LogP) is 1.25. The Kier molecular flexibility index (Phi) is 5.06. The van der Waals surface area contributed by atoms with Gasteiger partial charge in [-0.05, 0) is 37.4 Å². The van der Waals surface area contributed by atoms with Crippen molar-refractivity contribution in [3.63, 3.8) is 0 Å². The van der Waals surface area contributed by atoms with Crippen molar-refractivity contribution in [3.8, 4) is 0 Å². The molecular formula is C14H19N3O3. The minimum Gasteiger partial charge on any atom is -0.355 e. The summed E-state index contributed by atoms with van der Waals surface area (Å²) in [5.41, 5.74) is 0.831. The molecule has 108 valence electrons. The summed E-state index contributed by atoms with van der Waals surface area (Å²) in [6, 6.07) is 6.10. The molecule has 1 aromatic rings. The summed E-state index contributed by atoms with van der Waals surface area (Å²) in [7, 11) is 0. The quantitative estimate of drug-likeness (QED) is 0.626. The van der Waals surface area contributed by atoms with E-state index in [1.165, 1.54) is 12.1 Å². The molecule has 0 aromatic heterocycles. The van der Waals surface area contributed by atoms with E-state index in [4.69, 9.17) is 0 Å². The number of nitrogens with one attached hydrogen (secondary N) is 2. The molecule has 2 rings (SSSR count). The number of piperidine rings is 1. The van der Waals surface area contributed by atoms with Crippen molar-refractivity contribution in [3.05, 3.63) is 39.9 Å². The standard InChI is InChI=1S/C14H19N3O3/c18-14(16-10-12-2-1-7-15-9-12)8-11-3-5-13(6-4-11)17(19)20/h3-6,12,15H,1-2,7-10H2,(H,16,18). The van der Waals surface area contributed by atoms with Gasteiger partial charge in [-0.1, -0.05) is 12.1 Å². The third kappa shape index (κ3) is 4.31. The number of carbonyl (C=O) groups is 1. The van der Waals surface area contributed by atoms with E-state index in [0.717, 1.165) is 31.5 Å². The van der Waals surface area contributed by atoms with Gasteiger partial charge in [-0.15, -0.1) is 0 Å². The number of non-ortho nitro benzene ring substituents is 1. The van der Waals surface area contributed by atoms with Crippen LogP contribution in [0.15, 0.2) is 24.3 Å². The van der Waals surface area contributed by atoms with Crippen molar-refractivity contribution >= 4 is 11.6 Å². The maximum Gasteiger partial charge on any atom is 0.269 e. The van der Waals surface area contributed by atoms with Crippen LogP contribution in [0.1, 0.15) is 18.4 Å². The fraction of sp³-hybridized carbons (Fsp3) is 0.500. The SMILES string of the molecule is O=C(Cc1ccc([N+](=O)[O-])cc1)NCC1CCCNC1. The van der Waals surface area contributed by atoms with Crippen molar-refractivity contribution in [2.24, 2.45) is 5.92 Å². The maximum atomic E-state index is 11.8. The number of nitro benzene ring substituents is 1. The summed E-state index contributed by atoms with van der Waals surface area (Å²) in [5.74, 6) is 0.467. The van der Waals surface area contributed by atoms with Gasteiger partial charge >= 0.3 is 0 Å². The summed E-state index contributed by atoms with van der Waals surface area (Å²) in [5, 5.41) is 16.8. The highest BCUT2D eigenvalue weighted by molar-refractivity contribution is 5.78. The van der Waals surface area contributed by atoms with Gasteiger partial charge in [0, 0.05) is 18.7 Å². The first-order valence-electron chi connectivity index (χ1n) is 6.86. The Morgan fingerprint density at radius 3 is 2.75 bits per heavy atom. The smallest absolute Gasteiger partial charge is 0.269 e. The van der Waals surface area contributed by atoms with Gasteiger partial charge < -0.3 is 10.6 Å². The number of rotatable bonds is 5. The molecule has 2 N–H and O–H groups in total. The van der Waals surface area contributed by atoms with E-state index in [1.807, 2.05) is 0 Å². The van der Waals surface area contributed by atoms with Crippen LogP contribution in [0.5, 0.6) is 0 Å². The van der Waals surface area contributed by atoms with Gasteiger partial charge in [0.05, 0.1) is 11.3 Å². The van der Waals surface area contributed by atoms with Crippen LogP contribution in [0.2, 0.25) is 0 Å². The molecule has 0 saturated carbocycles. The zero-order valence-electron chi connectivity index (χ0n) is 11.3. The van der Waals surface area contributed by atoms with Gasteiger partial charge in [-0.3, -0.25) is 14.9 Å². The molecular weight excluding hydrogens is 258 g/mol. The Hall–Kier alpha value is -1.95. The van der Waals surface area contributed by atoms with E-state index in [9.17, 15) is 14.9 Å². The largest absolute Gasteiger partial charge is 0.355 e. The average molecular weight is 277 g/mol. The van der Waals surface area contributed by atoms with Crippen LogP contribution in [0, 0.1) is 16.0 Å². The van der Waals surface area contributed by atoms with Gasteiger partial charge in [0.1, 0.15) is 0 Å². The van der Waals surface area contributed by atoms with Gasteiger partial charge in [-0.2, -0.15) is 0 Å². The monoisotopic (exact) mass is 277 g/mol. The zero-order valence-corrected chi connectivity index (χ0v) is 11.3. The highest BCUT2D eigenvalue weighted by Gasteiger charge is 2.14. The van der Waals surface area contributed by atoms with E-state index < -0.39 is 4.92 Å². The van der Waals surface area contributed by atoms with Crippen molar-refractivity contribution in [1.29, 1.82) is 0 Å². The number of hydrogen-bond donors (Lipinski definition) is 2. The zero-order chi connectivity index (χ0) is 14.4. The Morgan fingerprint density at radius 1 is 1.40 bits per heavy atom. The van der Waals surface area contributed by atoms with Gasteiger partial charge in [0.2, 0.25) is 5.91 Å². The second-order valence-electron chi connectivity index (χ2n) is 5.12. The van der Waals surface area contributed by atoms with E-state index in [-0.39, 0.29) is 18.0 Å². The molecule has 1 unspecified atom stereocenters. The third-order valence-electron chi connectivity index (χ3n) is 3.50. The lowest BCUT2D eigenvalue weighted by Crippen LogP contribution is -2.38. The molecule has 1 atom stereocenters. The fourth-order valence-corrected chi connectivity index (χ4v) is 2.34. The predicted molar refractivity (Wildman–Crippen MR) is 75.4 cm³/mol. The van der Waals surface area contributed by atoms with Crippen molar-refractivity contribution in [2.75, 3.05) is 19.6 Å². The number of hydrogen-bond acceptors (Lipinski definition) is 4. The summed E-state index contributed by atoms with van der Waals surface area (Å²) in [6.07, 6.45) is 2.56. The Bertz CT molecular complexity index is 467. The molecule has 0 spiro atoms. The van der Waals surface area contributed by atoms with Crippen molar-refractivity contribution < 1.29 is 9.72 Å². The molecule has 6 heteroatoms. The minimum absolute atomic E-state index is 0.0376. The van der Waals surface area contributed by atoms with E-state index in [0.29, 0.717) is 12.5 Å². The van der Waals surface area contributed by atoms with Crippen molar-refractivity contribution in [1.82, 2.24) is 10.6 Å². The summed E-state index contributed by atoms with van der Waals surface area (Å²) >= 11 is 0. The average Bonchev–Trinajstić information content (AvgIpc) is 2.47. The molecule has 1 aliphatic heterocycles. The number of nitro groups is 1. The Morgan fingerprint density at radius 2 is 2.15 bits per heavy atom. The lowest BCUT2D eigenvalue weighted by Gasteiger charge is -2.22. The van der Waals surface area contributed by atoms with Crippen molar-refractivity contribution in [2.45, 2.75) is 19.3 Å². The molecule has 20 heavy (non-hydrogen) atoms. The van der Waals surface area contributed by atoms with Gasteiger partial charge in [0.25, 0.3) is 5.69 Å². The summed E-state index contributed by atoms with van der Waals surface area (Å²) < 4.78 is 0. The summed E-state index contributed by atoms with van der Waals surface area (Å²) in [6.45, 7) is 2.71. The molecule has 0 bridgehead atoms. The molecule has 0 radical (unpaired) electrons. The van der Waals surface area contributed by atoms with E-state index >= 15 is 0 Å². The topological polar surface area (TPSA) is 84.3 Å². The Balaban J connectivity index is 1.77. The Labute approximate surface area is 117 Å². The molecule has 1 aromatic carbocycles. The van der Waals surface area contributed by atoms with Crippen LogP contribution in [-0.2, 0) is 11.2 Å². The second kappa shape index (κ2) is 7.00. The highest BCUT2D eigenvalue weighted by Crippen LogP contribution is 2.12. The first kappa shape index (κ1) is 14.5. The van der Waals surface area contributed by atoms with Gasteiger partial charge in [0.15, 0.2) is 0 Å². The lowest BCUT2D eigenvalue weighted by molar-refractivity contribution is -0.384. The number of amides is 1. The van der Waals surface area contributed by atoms with Crippen LogP contribution in [-0.4, -0.2) is 30.5 Å². The molecule has 0 aliphatic carbocycles. The number of carbonyl (C=O) groups excluding carboxylic acids is 1. The van der Waals surface area contributed by atoms with E-state index in [2.05, 4.69) is 10.6 Å². The van der Waals surface area contributed by atoms with E-state index in [1.54, 1.807) is 12.1 Å². The van der Waals surface area contributed by atoms with Crippen LogP contribution < -0.4 is 10.6 Å². The van der Waals surface area contributed by atoms with Crippen LogP contribution in [0.3, 0.4) is 0 Å². The van der Waals surface area contributed by atoms with Gasteiger partial charge in [-0.25, -0.2) is 0 Å². The maximum absolute atomic E-state index is 11.8. The second-order valence-corrected chi connectivity index (χ2v) is 5.12. The third-order valence-corrected chi connectivity index (χ3v) is 3.50. The molecule has 1 saturated heterocycles. The molecule has 1 fully saturated rings. The van der Waals surface area contributed by atoms with Crippen LogP contribution in [0.4, 0.5) is 5.69 Å². The minimum atomic E-state index is -0.445. The highest BCUT2D eigenvalue weighted by atomic mass is 16.6. The molecule has 6 nitrogen and oxygen atoms in total. The molecule has 1 heterocycles. The van der Waals surface area contributed by atoms with Crippen LogP contribution in [0.25, 0.3) is 0 Å². The normalized spacial score (nSPS) is 18.5. The molecule has 1 amide bonds. The fourth-order valence-electron chi connectivity index (χ4n) is 2.34. The first-order chi connectivity index (χ1) is 9.65. The number of nitrogens with zero attached hydrogens (tertiary/aromatic N) is 1. The lowest BCUT2D eigenvalue weighted by atomic mass is 9.99. The van der Waals surface area contributed by atoms with Crippen LogP contribution >= 0.6 is 0 Å². The number of benzene rings is 1. The summed E-state index contributed by atoms with van der Waals surface area (Å²) in [4.78, 5) is 21.9. The molecule has 1 aliphatic rings. The first-order valence-corrected chi connectivity index (χ1v) is 6.86.